The Kier molecular flexibility index (Phi) is 5.55. The number of ether oxygens (including phenoxy) is 2. The summed E-state index contributed by atoms with van der Waals surface area (Å²) in [6.07, 6.45) is 1.52. The van der Waals surface area contributed by atoms with Gasteiger partial charge in [0.2, 0.25) is 17.7 Å². The zero-order valence-electron chi connectivity index (χ0n) is 15.3. The molecule has 0 N–H and O–H groups in total. The van der Waals surface area contributed by atoms with Gasteiger partial charge >= 0.3 is 0 Å². The Balaban J connectivity index is 1.71. The molecule has 0 unspecified atom stereocenters. The Morgan fingerprint density at radius 1 is 1.15 bits per heavy atom. The van der Waals surface area contributed by atoms with E-state index in [4.69, 9.17) is 14.0 Å². The summed E-state index contributed by atoms with van der Waals surface area (Å²) in [6.45, 7) is 4.58. The molecule has 1 aliphatic rings. The van der Waals surface area contributed by atoms with Crippen molar-refractivity contribution in [1.82, 2.24) is 20.0 Å². The van der Waals surface area contributed by atoms with Gasteiger partial charge in [-0.3, -0.25) is 4.79 Å². The van der Waals surface area contributed by atoms with Crippen molar-refractivity contribution >= 4 is 11.9 Å². The molecule has 0 saturated carbocycles. The fourth-order valence-corrected chi connectivity index (χ4v) is 2.86. The van der Waals surface area contributed by atoms with E-state index in [-0.39, 0.29) is 11.8 Å². The lowest BCUT2D eigenvalue weighted by Crippen LogP contribution is -2.35. The molecule has 9 heteroatoms. The number of rotatable bonds is 5. The number of anilines is 1. The van der Waals surface area contributed by atoms with Gasteiger partial charge in [-0.1, -0.05) is 6.92 Å². The fourth-order valence-electron chi connectivity index (χ4n) is 2.86. The van der Waals surface area contributed by atoms with Crippen molar-refractivity contribution in [1.29, 1.82) is 0 Å². The molecule has 1 fully saturated rings. The average molecular weight is 361 g/mol. The molecule has 2 aromatic heterocycles. The van der Waals surface area contributed by atoms with E-state index in [2.05, 4.69) is 15.1 Å². The van der Waals surface area contributed by atoms with E-state index in [1.54, 1.807) is 17.0 Å². The zero-order chi connectivity index (χ0) is 18.5. The van der Waals surface area contributed by atoms with E-state index in [0.717, 1.165) is 13.0 Å². The molecular weight excluding hydrogens is 338 g/mol. The predicted octanol–water partition coefficient (Wildman–Crippen LogP) is 1.40. The predicted molar refractivity (Wildman–Crippen MR) is 93.8 cm³/mol. The Hall–Kier alpha value is -2.84. The Labute approximate surface area is 151 Å². The molecule has 0 aromatic carbocycles. The van der Waals surface area contributed by atoms with Crippen LogP contribution in [-0.2, 0) is 6.42 Å². The fraction of sp³-hybridized carbons (Fsp3) is 0.529. The highest BCUT2D eigenvalue weighted by molar-refractivity contribution is 5.96. The molecule has 140 valence electrons. The van der Waals surface area contributed by atoms with Crippen LogP contribution in [0.2, 0.25) is 0 Å². The minimum Gasteiger partial charge on any atom is -0.481 e. The summed E-state index contributed by atoms with van der Waals surface area (Å²) in [6, 6.07) is 3.34. The van der Waals surface area contributed by atoms with Gasteiger partial charge in [-0.05, 0) is 17.6 Å². The summed E-state index contributed by atoms with van der Waals surface area (Å²) in [4.78, 5) is 25.3. The van der Waals surface area contributed by atoms with E-state index < -0.39 is 0 Å². The van der Waals surface area contributed by atoms with Gasteiger partial charge < -0.3 is 23.8 Å². The number of methoxy groups -OCH3 is 2. The highest BCUT2D eigenvalue weighted by Crippen LogP contribution is 2.22. The molecule has 0 spiro atoms. The molecule has 0 aliphatic carbocycles. The molecule has 9 nitrogen and oxygen atoms in total. The number of hydrogen-bond acceptors (Lipinski definition) is 8. The van der Waals surface area contributed by atoms with Crippen molar-refractivity contribution in [2.75, 3.05) is 45.3 Å². The summed E-state index contributed by atoms with van der Waals surface area (Å²) in [5.41, 5.74) is 0.426. The first kappa shape index (κ1) is 18.0. The van der Waals surface area contributed by atoms with Crippen LogP contribution >= 0.6 is 0 Å². The quantitative estimate of drug-likeness (QED) is 0.789. The third-order valence-electron chi connectivity index (χ3n) is 4.29. The highest BCUT2D eigenvalue weighted by atomic mass is 16.5. The standard InChI is InChI=1S/C17H23N5O4/c1-4-13-19-17(20-26-13)22-9-5-8-21(10-11-22)16(23)12-6-7-14(24-2)18-15(12)25-3/h6-7H,4-5,8-11H2,1-3H3. The lowest BCUT2D eigenvalue weighted by molar-refractivity contribution is 0.0762. The maximum atomic E-state index is 12.9. The van der Waals surface area contributed by atoms with E-state index in [1.165, 1.54) is 14.2 Å². The molecule has 0 radical (unpaired) electrons. The van der Waals surface area contributed by atoms with Gasteiger partial charge in [0.25, 0.3) is 11.9 Å². The van der Waals surface area contributed by atoms with Crippen LogP contribution in [0.1, 0.15) is 29.6 Å². The second-order valence-corrected chi connectivity index (χ2v) is 5.88. The smallest absolute Gasteiger partial charge is 0.266 e. The first-order valence-electron chi connectivity index (χ1n) is 8.62. The summed E-state index contributed by atoms with van der Waals surface area (Å²) in [5.74, 6) is 1.76. The first-order valence-corrected chi connectivity index (χ1v) is 8.62. The van der Waals surface area contributed by atoms with Gasteiger partial charge in [-0.25, -0.2) is 0 Å². The van der Waals surface area contributed by atoms with Crippen LogP contribution in [0.4, 0.5) is 5.95 Å². The monoisotopic (exact) mass is 361 g/mol. The summed E-state index contributed by atoms with van der Waals surface area (Å²) in [7, 11) is 3.01. The van der Waals surface area contributed by atoms with Crippen LogP contribution in [0.5, 0.6) is 11.8 Å². The number of pyridine rings is 1. The second-order valence-electron chi connectivity index (χ2n) is 5.88. The van der Waals surface area contributed by atoms with Crippen molar-refractivity contribution in [3.05, 3.63) is 23.6 Å². The minimum atomic E-state index is -0.110. The van der Waals surface area contributed by atoms with Crippen LogP contribution < -0.4 is 14.4 Å². The largest absolute Gasteiger partial charge is 0.481 e. The molecular formula is C17H23N5O4. The van der Waals surface area contributed by atoms with Crippen molar-refractivity contribution in [3.8, 4) is 11.8 Å². The van der Waals surface area contributed by atoms with Crippen LogP contribution in [0.25, 0.3) is 0 Å². The van der Waals surface area contributed by atoms with Crippen LogP contribution in [0.3, 0.4) is 0 Å². The average Bonchev–Trinajstić information content (AvgIpc) is 3.03. The van der Waals surface area contributed by atoms with Crippen molar-refractivity contribution < 1.29 is 18.8 Å². The first-order chi connectivity index (χ1) is 12.7. The van der Waals surface area contributed by atoms with Gasteiger partial charge in [0, 0.05) is 38.7 Å². The maximum absolute atomic E-state index is 12.9. The molecule has 0 atom stereocenters. The summed E-state index contributed by atoms with van der Waals surface area (Å²) >= 11 is 0. The van der Waals surface area contributed by atoms with Gasteiger partial charge in [0.15, 0.2) is 0 Å². The molecule has 1 saturated heterocycles. The normalized spacial score (nSPS) is 14.9. The number of aryl methyl sites for hydroxylation is 1. The third kappa shape index (κ3) is 3.71. The van der Waals surface area contributed by atoms with E-state index in [0.29, 0.717) is 49.3 Å². The molecule has 3 rings (SSSR count). The number of hydrogen-bond donors (Lipinski definition) is 0. The van der Waals surface area contributed by atoms with Crippen molar-refractivity contribution in [3.63, 3.8) is 0 Å². The van der Waals surface area contributed by atoms with Crippen LogP contribution in [0, 0.1) is 0 Å². The summed E-state index contributed by atoms with van der Waals surface area (Å²) < 4.78 is 15.5. The number of amides is 1. The maximum Gasteiger partial charge on any atom is 0.266 e. The molecule has 1 amide bonds. The summed E-state index contributed by atoms with van der Waals surface area (Å²) in [5, 5.41) is 4.02. The zero-order valence-corrected chi connectivity index (χ0v) is 15.3. The minimum absolute atomic E-state index is 0.110. The molecule has 1 aliphatic heterocycles. The number of carbonyl (C=O) groups excluding carboxylic acids is 1. The van der Waals surface area contributed by atoms with E-state index >= 15 is 0 Å². The van der Waals surface area contributed by atoms with Gasteiger partial charge in [0.1, 0.15) is 5.56 Å². The van der Waals surface area contributed by atoms with E-state index in [9.17, 15) is 4.79 Å². The molecule has 0 bridgehead atoms. The Bertz CT molecular complexity index is 763. The third-order valence-corrected chi connectivity index (χ3v) is 4.29. The number of aromatic nitrogens is 3. The van der Waals surface area contributed by atoms with Gasteiger partial charge in [-0.15, -0.1) is 0 Å². The molecule has 2 aromatic rings. The Morgan fingerprint density at radius 2 is 2.00 bits per heavy atom. The van der Waals surface area contributed by atoms with Crippen LogP contribution in [0.15, 0.2) is 16.7 Å². The number of nitrogens with zero attached hydrogens (tertiary/aromatic N) is 5. The van der Waals surface area contributed by atoms with Crippen molar-refractivity contribution in [2.24, 2.45) is 0 Å². The highest BCUT2D eigenvalue weighted by Gasteiger charge is 2.25. The Morgan fingerprint density at radius 3 is 2.69 bits per heavy atom. The van der Waals surface area contributed by atoms with Gasteiger partial charge in [-0.2, -0.15) is 9.97 Å². The molecule has 26 heavy (non-hydrogen) atoms. The van der Waals surface area contributed by atoms with E-state index in [1.807, 2.05) is 11.8 Å². The molecule has 3 heterocycles. The lowest BCUT2D eigenvalue weighted by Gasteiger charge is -2.22. The second kappa shape index (κ2) is 8.03. The topological polar surface area (TPSA) is 93.8 Å². The number of carbonyl (C=O) groups is 1. The SMILES string of the molecule is CCc1nc(N2CCCN(C(=O)c3ccc(OC)nc3OC)CC2)no1. The van der Waals surface area contributed by atoms with Crippen LogP contribution in [-0.4, -0.2) is 66.3 Å². The van der Waals surface area contributed by atoms with Crippen molar-refractivity contribution in [2.45, 2.75) is 19.8 Å². The van der Waals surface area contributed by atoms with Gasteiger partial charge in [0.05, 0.1) is 14.2 Å². The lowest BCUT2D eigenvalue weighted by atomic mass is 10.2.